The second kappa shape index (κ2) is 7.31. The van der Waals surface area contributed by atoms with Crippen molar-refractivity contribution in [2.24, 2.45) is 5.92 Å². The highest BCUT2D eigenvalue weighted by molar-refractivity contribution is 6.33. The van der Waals surface area contributed by atoms with Crippen LogP contribution in [0.15, 0.2) is 42.5 Å². The SMILES string of the molecule is O=C(Nc1cc([N+](=O)[O-])ccc1Cl)[C@@H]1CC(=O)N(c2ccc(Cl)cc2)C1. The summed E-state index contributed by atoms with van der Waals surface area (Å²) >= 11 is 11.8. The molecular formula is C17H13Cl2N3O4. The van der Waals surface area contributed by atoms with Crippen molar-refractivity contribution in [3.05, 3.63) is 62.6 Å². The third-order valence-electron chi connectivity index (χ3n) is 4.05. The highest BCUT2D eigenvalue weighted by Crippen LogP contribution is 2.30. The van der Waals surface area contributed by atoms with Crippen LogP contribution in [-0.2, 0) is 9.59 Å². The molecule has 1 N–H and O–H groups in total. The maximum absolute atomic E-state index is 12.5. The zero-order valence-corrected chi connectivity index (χ0v) is 14.8. The van der Waals surface area contributed by atoms with Crippen LogP contribution in [0.2, 0.25) is 10.0 Å². The van der Waals surface area contributed by atoms with E-state index >= 15 is 0 Å². The van der Waals surface area contributed by atoms with Crippen molar-refractivity contribution in [1.29, 1.82) is 0 Å². The van der Waals surface area contributed by atoms with E-state index in [1.54, 1.807) is 24.3 Å². The molecule has 0 bridgehead atoms. The Kier molecular flexibility index (Phi) is 5.11. The highest BCUT2D eigenvalue weighted by atomic mass is 35.5. The lowest BCUT2D eigenvalue weighted by atomic mass is 10.1. The second-order valence-electron chi connectivity index (χ2n) is 5.79. The van der Waals surface area contributed by atoms with Crippen LogP contribution in [0.1, 0.15) is 6.42 Å². The van der Waals surface area contributed by atoms with Crippen LogP contribution in [0.25, 0.3) is 0 Å². The molecule has 0 aliphatic carbocycles. The number of carbonyl (C=O) groups is 2. The number of anilines is 2. The van der Waals surface area contributed by atoms with Crippen LogP contribution in [0.5, 0.6) is 0 Å². The van der Waals surface area contributed by atoms with Gasteiger partial charge in [0.2, 0.25) is 11.8 Å². The molecule has 2 aromatic carbocycles. The number of benzene rings is 2. The van der Waals surface area contributed by atoms with E-state index in [1.807, 2.05) is 0 Å². The molecule has 0 unspecified atom stereocenters. The summed E-state index contributed by atoms with van der Waals surface area (Å²) in [5, 5.41) is 14.2. The molecule has 26 heavy (non-hydrogen) atoms. The van der Waals surface area contributed by atoms with Crippen LogP contribution in [-0.4, -0.2) is 23.3 Å². The molecule has 0 spiro atoms. The van der Waals surface area contributed by atoms with Crippen molar-refractivity contribution >= 4 is 52.1 Å². The first-order valence-electron chi connectivity index (χ1n) is 7.66. The number of nitro benzene ring substituents is 1. The number of hydrogen-bond acceptors (Lipinski definition) is 4. The maximum atomic E-state index is 12.5. The Hall–Kier alpha value is -2.64. The molecule has 3 rings (SSSR count). The summed E-state index contributed by atoms with van der Waals surface area (Å²) < 4.78 is 0. The van der Waals surface area contributed by atoms with Crippen LogP contribution in [0.4, 0.5) is 17.1 Å². The third kappa shape index (κ3) is 3.79. The van der Waals surface area contributed by atoms with Gasteiger partial charge in [-0.25, -0.2) is 0 Å². The summed E-state index contributed by atoms with van der Waals surface area (Å²) in [5.41, 5.74) is 0.612. The summed E-state index contributed by atoms with van der Waals surface area (Å²) in [6.07, 6.45) is 0.0427. The van der Waals surface area contributed by atoms with Crippen molar-refractivity contribution in [3.63, 3.8) is 0 Å². The molecule has 1 aliphatic heterocycles. The molecule has 2 amide bonds. The first-order chi connectivity index (χ1) is 12.3. The molecule has 7 nitrogen and oxygen atoms in total. The fourth-order valence-electron chi connectivity index (χ4n) is 2.71. The van der Waals surface area contributed by atoms with E-state index in [0.29, 0.717) is 10.7 Å². The molecule has 0 aromatic heterocycles. The van der Waals surface area contributed by atoms with Gasteiger partial charge >= 0.3 is 0 Å². The van der Waals surface area contributed by atoms with E-state index in [1.165, 1.54) is 23.1 Å². The number of non-ortho nitro benzene ring substituents is 1. The Morgan fingerprint density at radius 3 is 2.54 bits per heavy atom. The zero-order valence-electron chi connectivity index (χ0n) is 13.3. The molecule has 1 heterocycles. The van der Waals surface area contributed by atoms with Gasteiger partial charge in [-0.05, 0) is 30.3 Å². The smallest absolute Gasteiger partial charge is 0.271 e. The molecule has 1 aliphatic rings. The Morgan fingerprint density at radius 1 is 1.19 bits per heavy atom. The number of nitrogens with zero attached hydrogens (tertiary/aromatic N) is 2. The third-order valence-corrected chi connectivity index (χ3v) is 4.63. The van der Waals surface area contributed by atoms with Crippen LogP contribution in [0, 0.1) is 16.0 Å². The van der Waals surface area contributed by atoms with Gasteiger partial charge in [-0.1, -0.05) is 23.2 Å². The molecule has 1 fully saturated rings. The summed E-state index contributed by atoms with van der Waals surface area (Å²) in [6.45, 7) is 0.207. The fraction of sp³-hybridized carbons (Fsp3) is 0.176. The monoisotopic (exact) mass is 393 g/mol. The predicted molar refractivity (Wildman–Crippen MR) is 98.6 cm³/mol. The van der Waals surface area contributed by atoms with E-state index in [9.17, 15) is 19.7 Å². The minimum atomic E-state index is -0.589. The standard InChI is InChI=1S/C17H13Cl2N3O4/c18-11-1-3-12(4-2-11)21-9-10(7-16(21)23)17(24)20-15-8-13(22(25)26)5-6-14(15)19/h1-6,8,10H,7,9H2,(H,20,24)/t10-/m1/s1. The summed E-state index contributed by atoms with van der Waals surface area (Å²) in [4.78, 5) is 36.5. The number of halogens is 2. The Labute approximate surface area is 158 Å². The molecule has 1 atom stereocenters. The van der Waals surface area contributed by atoms with Gasteiger partial charge in [-0.15, -0.1) is 0 Å². The van der Waals surface area contributed by atoms with Crippen LogP contribution >= 0.6 is 23.2 Å². The topological polar surface area (TPSA) is 92.5 Å². The Bertz CT molecular complexity index is 886. The first-order valence-corrected chi connectivity index (χ1v) is 8.41. The largest absolute Gasteiger partial charge is 0.324 e. The van der Waals surface area contributed by atoms with Gasteiger partial charge in [0.1, 0.15) is 0 Å². The van der Waals surface area contributed by atoms with Crippen molar-refractivity contribution in [1.82, 2.24) is 0 Å². The highest BCUT2D eigenvalue weighted by Gasteiger charge is 2.35. The van der Waals surface area contributed by atoms with Crippen molar-refractivity contribution < 1.29 is 14.5 Å². The van der Waals surface area contributed by atoms with Gasteiger partial charge in [0.15, 0.2) is 0 Å². The molecule has 9 heteroatoms. The number of rotatable bonds is 4. The van der Waals surface area contributed by atoms with Crippen molar-refractivity contribution in [2.45, 2.75) is 6.42 Å². The quantitative estimate of drug-likeness (QED) is 0.629. The summed E-state index contributed by atoms with van der Waals surface area (Å²) in [6, 6.07) is 10.5. The summed E-state index contributed by atoms with van der Waals surface area (Å²) in [5.74, 6) is -1.19. The van der Waals surface area contributed by atoms with Gasteiger partial charge in [-0.3, -0.25) is 19.7 Å². The molecule has 0 saturated carbocycles. The lowest BCUT2D eigenvalue weighted by molar-refractivity contribution is -0.384. The lowest BCUT2D eigenvalue weighted by Gasteiger charge is -2.17. The normalized spacial score (nSPS) is 16.6. The van der Waals surface area contributed by atoms with Gasteiger partial charge in [0, 0.05) is 35.8 Å². The van der Waals surface area contributed by atoms with Gasteiger partial charge < -0.3 is 10.2 Å². The van der Waals surface area contributed by atoms with E-state index < -0.39 is 16.7 Å². The minimum absolute atomic E-state index is 0.0427. The van der Waals surface area contributed by atoms with E-state index in [-0.39, 0.29) is 35.3 Å². The van der Waals surface area contributed by atoms with Crippen LogP contribution in [0.3, 0.4) is 0 Å². The van der Waals surface area contributed by atoms with Gasteiger partial charge in [-0.2, -0.15) is 0 Å². The lowest BCUT2D eigenvalue weighted by Crippen LogP contribution is -2.28. The molecule has 2 aromatic rings. The van der Waals surface area contributed by atoms with Gasteiger partial charge in [0.25, 0.3) is 5.69 Å². The average Bonchev–Trinajstić information content (AvgIpc) is 2.99. The van der Waals surface area contributed by atoms with Crippen molar-refractivity contribution in [3.8, 4) is 0 Å². The van der Waals surface area contributed by atoms with E-state index in [0.717, 1.165) is 0 Å². The maximum Gasteiger partial charge on any atom is 0.271 e. The van der Waals surface area contributed by atoms with Gasteiger partial charge in [0.05, 0.1) is 21.6 Å². The molecule has 134 valence electrons. The number of nitro groups is 1. The Balaban J connectivity index is 1.73. The number of carbonyl (C=O) groups excluding carboxylic acids is 2. The molecule has 0 radical (unpaired) electrons. The summed E-state index contributed by atoms with van der Waals surface area (Å²) in [7, 11) is 0. The van der Waals surface area contributed by atoms with Crippen molar-refractivity contribution in [2.75, 3.05) is 16.8 Å². The number of amides is 2. The zero-order chi connectivity index (χ0) is 18.8. The first kappa shape index (κ1) is 18.2. The van der Waals surface area contributed by atoms with E-state index in [2.05, 4.69) is 5.32 Å². The molecule has 1 saturated heterocycles. The average molecular weight is 394 g/mol. The number of nitrogens with one attached hydrogen (secondary N) is 1. The molecular weight excluding hydrogens is 381 g/mol. The van der Waals surface area contributed by atoms with E-state index in [4.69, 9.17) is 23.2 Å². The Morgan fingerprint density at radius 2 is 1.88 bits per heavy atom. The number of hydrogen-bond donors (Lipinski definition) is 1. The minimum Gasteiger partial charge on any atom is -0.324 e. The fourth-order valence-corrected chi connectivity index (χ4v) is 3.00. The van der Waals surface area contributed by atoms with Crippen LogP contribution < -0.4 is 10.2 Å². The second-order valence-corrected chi connectivity index (χ2v) is 6.64. The predicted octanol–water partition coefficient (Wildman–Crippen LogP) is 3.89.